The Kier molecular flexibility index (Phi) is 12.9. The number of piperazine rings is 1. The average Bonchev–Trinajstić information content (AvgIpc) is 2.51. The van der Waals surface area contributed by atoms with Crippen LogP contribution in [0.1, 0.15) is 27.7 Å². The Morgan fingerprint density at radius 3 is 2.33 bits per heavy atom. The smallest absolute Gasteiger partial charge is 0.234 e. The quantitative estimate of drug-likeness (QED) is 0.335. The third kappa shape index (κ3) is 9.31. The molecule has 0 aromatic rings. The predicted octanol–water partition coefficient (Wildman–Crippen LogP) is 1.46. The fourth-order valence-corrected chi connectivity index (χ4v) is 2.63. The number of amides is 1. The fourth-order valence-electron chi connectivity index (χ4n) is 2.40. The topological polar surface area (TPSA) is 60.0 Å². The van der Waals surface area contributed by atoms with Crippen LogP contribution in [0.3, 0.4) is 0 Å². The van der Waals surface area contributed by atoms with Gasteiger partial charge in [-0.15, -0.1) is 24.0 Å². The molecule has 0 bridgehead atoms. The minimum Gasteiger partial charge on any atom is -0.357 e. The number of thioether (sulfide) groups is 1. The summed E-state index contributed by atoms with van der Waals surface area (Å²) in [4.78, 5) is 21.1. The van der Waals surface area contributed by atoms with Gasteiger partial charge in [-0.05, 0) is 27.0 Å². The van der Waals surface area contributed by atoms with E-state index in [0.717, 1.165) is 45.2 Å². The van der Waals surface area contributed by atoms with Crippen molar-refractivity contribution in [1.82, 2.24) is 20.4 Å². The van der Waals surface area contributed by atoms with Gasteiger partial charge in [0.2, 0.25) is 5.91 Å². The number of carbonyl (C=O) groups is 1. The Labute approximate surface area is 168 Å². The van der Waals surface area contributed by atoms with Crippen molar-refractivity contribution in [1.29, 1.82) is 0 Å². The van der Waals surface area contributed by atoms with E-state index in [-0.39, 0.29) is 35.9 Å². The molecule has 1 aliphatic rings. The number of hydrogen-bond acceptors (Lipinski definition) is 4. The van der Waals surface area contributed by atoms with Crippen LogP contribution in [-0.2, 0) is 4.79 Å². The van der Waals surface area contributed by atoms with Crippen LogP contribution in [0.25, 0.3) is 0 Å². The zero-order chi connectivity index (χ0) is 17.2. The Morgan fingerprint density at radius 1 is 1.21 bits per heavy atom. The number of aliphatic imine (C=N–C) groups is 1. The van der Waals surface area contributed by atoms with Gasteiger partial charge in [0.1, 0.15) is 0 Å². The van der Waals surface area contributed by atoms with E-state index in [1.807, 2.05) is 25.6 Å². The summed E-state index contributed by atoms with van der Waals surface area (Å²) >= 11 is 1.84. The van der Waals surface area contributed by atoms with Crippen LogP contribution in [-0.4, -0.2) is 85.0 Å². The molecule has 1 saturated heterocycles. The van der Waals surface area contributed by atoms with Crippen molar-refractivity contribution >= 4 is 47.6 Å². The molecule has 1 heterocycles. The molecule has 6 nitrogen and oxygen atoms in total. The van der Waals surface area contributed by atoms with Gasteiger partial charge < -0.3 is 15.5 Å². The highest BCUT2D eigenvalue weighted by atomic mass is 127. The molecule has 0 aromatic carbocycles. The van der Waals surface area contributed by atoms with Crippen LogP contribution in [0.2, 0.25) is 0 Å². The number of hydrogen-bond donors (Lipinski definition) is 2. The zero-order valence-electron chi connectivity index (χ0n) is 15.7. The van der Waals surface area contributed by atoms with E-state index < -0.39 is 0 Å². The van der Waals surface area contributed by atoms with Crippen LogP contribution >= 0.6 is 35.7 Å². The van der Waals surface area contributed by atoms with E-state index in [0.29, 0.717) is 11.8 Å². The maximum absolute atomic E-state index is 11.8. The Bertz CT molecular complexity index is 387. The molecule has 1 atom stereocenters. The molecule has 1 rings (SSSR count). The van der Waals surface area contributed by atoms with Crippen LogP contribution in [0.5, 0.6) is 0 Å². The monoisotopic (exact) mass is 471 g/mol. The van der Waals surface area contributed by atoms with E-state index in [1.54, 1.807) is 0 Å². The lowest BCUT2D eigenvalue weighted by atomic mass is 10.3. The molecular weight excluding hydrogens is 437 g/mol. The normalized spacial score (nSPS) is 17.4. The number of halogens is 1. The summed E-state index contributed by atoms with van der Waals surface area (Å²) in [5.41, 5.74) is 0. The summed E-state index contributed by atoms with van der Waals surface area (Å²) in [6, 6.07) is 0.203. The largest absolute Gasteiger partial charge is 0.357 e. The fraction of sp³-hybridized carbons (Fsp3) is 0.875. The lowest BCUT2D eigenvalue weighted by Gasteiger charge is -2.36. The van der Waals surface area contributed by atoms with Gasteiger partial charge >= 0.3 is 0 Å². The highest BCUT2D eigenvalue weighted by molar-refractivity contribution is 14.0. The van der Waals surface area contributed by atoms with Crippen LogP contribution < -0.4 is 10.6 Å². The Balaban J connectivity index is 0.00000529. The average molecular weight is 471 g/mol. The second-order valence-corrected chi connectivity index (χ2v) is 7.50. The zero-order valence-corrected chi connectivity index (χ0v) is 18.8. The molecule has 0 spiro atoms. The number of nitrogens with one attached hydrogen (secondary N) is 2. The third-order valence-corrected chi connectivity index (χ3v) is 4.68. The van der Waals surface area contributed by atoms with Crippen molar-refractivity contribution in [3.63, 3.8) is 0 Å². The molecule has 8 heteroatoms. The lowest BCUT2D eigenvalue weighted by Crippen LogP contribution is -2.54. The Hall–Kier alpha value is -0.220. The van der Waals surface area contributed by atoms with Gasteiger partial charge in [-0.25, -0.2) is 0 Å². The maximum Gasteiger partial charge on any atom is 0.234 e. The molecule has 2 N–H and O–H groups in total. The highest BCUT2D eigenvalue weighted by Gasteiger charge is 2.21. The molecule has 0 saturated carbocycles. The van der Waals surface area contributed by atoms with E-state index in [9.17, 15) is 4.79 Å². The summed E-state index contributed by atoms with van der Waals surface area (Å²) < 4.78 is 0. The summed E-state index contributed by atoms with van der Waals surface area (Å²) in [5.74, 6) is 1.11. The van der Waals surface area contributed by atoms with Gasteiger partial charge in [0, 0.05) is 44.0 Å². The Morgan fingerprint density at radius 2 is 1.83 bits per heavy atom. The molecule has 0 aromatic heterocycles. The third-order valence-electron chi connectivity index (χ3n) is 3.72. The predicted molar refractivity (Wildman–Crippen MR) is 116 cm³/mol. The summed E-state index contributed by atoms with van der Waals surface area (Å²) in [6.07, 6.45) is 2.12. The number of carbonyl (C=O) groups excluding carboxylic acids is 1. The minimum absolute atomic E-state index is 0. The molecule has 0 radical (unpaired) electrons. The number of guanidine groups is 1. The van der Waals surface area contributed by atoms with Gasteiger partial charge in [-0.1, -0.05) is 6.92 Å². The van der Waals surface area contributed by atoms with Crippen molar-refractivity contribution in [2.24, 2.45) is 4.99 Å². The lowest BCUT2D eigenvalue weighted by molar-refractivity contribution is -0.123. The maximum atomic E-state index is 11.8. The van der Waals surface area contributed by atoms with Crippen LogP contribution in [0.15, 0.2) is 4.99 Å². The second-order valence-electron chi connectivity index (χ2n) is 6.23. The van der Waals surface area contributed by atoms with E-state index in [4.69, 9.17) is 4.99 Å². The van der Waals surface area contributed by atoms with Crippen LogP contribution in [0.4, 0.5) is 0 Å². The first-order chi connectivity index (χ1) is 11.0. The van der Waals surface area contributed by atoms with Gasteiger partial charge in [-0.2, -0.15) is 11.8 Å². The van der Waals surface area contributed by atoms with E-state index in [1.165, 1.54) is 0 Å². The molecule has 142 valence electrons. The summed E-state index contributed by atoms with van der Waals surface area (Å²) in [6.45, 7) is 14.1. The first-order valence-corrected chi connectivity index (χ1v) is 9.82. The molecule has 1 amide bonds. The van der Waals surface area contributed by atoms with E-state index in [2.05, 4.69) is 40.5 Å². The first kappa shape index (κ1) is 23.8. The standard InChI is InChI=1S/C16H33N5OS.HI/c1-6-17-16(18-11-14(4)23-5)21-9-7-20(8-10-21)12-15(22)19-13(2)3;/h13-14H,6-12H2,1-5H3,(H,17,18)(H,19,22);1H. The number of rotatable bonds is 7. The van der Waals surface area contributed by atoms with E-state index >= 15 is 0 Å². The second kappa shape index (κ2) is 13.0. The number of nitrogens with zero attached hydrogens (tertiary/aromatic N) is 3. The van der Waals surface area contributed by atoms with Gasteiger partial charge in [-0.3, -0.25) is 14.7 Å². The van der Waals surface area contributed by atoms with Gasteiger partial charge in [0.25, 0.3) is 0 Å². The summed E-state index contributed by atoms with van der Waals surface area (Å²) in [7, 11) is 0. The van der Waals surface area contributed by atoms with Crippen molar-refractivity contribution in [3.05, 3.63) is 0 Å². The molecule has 1 aliphatic heterocycles. The molecule has 24 heavy (non-hydrogen) atoms. The van der Waals surface area contributed by atoms with Gasteiger partial charge in [0.05, 0.1) is 13.1 Å². The van der Waals surface area contributed by atoms with Crippen molar-refractivity contribution < 1.29 is 4.79 Å². The minimum atomic E-state index is 0. The molecule has 0 aliphatic carbocycles. The molecule has 1 unspecified atom stereocenters. The van der Waals surface area contributed by atoms with Gasteiger partial charge in [0.15, 0.2) is 5.96 Å². The van der Waals surface area contributed by atoms with Crippen molar-refractivity contribution in [2.45, 2.75) is 39.0 Å². The van der Waals surface area contributed by atoms with Crippen molar-refractivity contribution in [3.8, 4) is 0 Å². The highest BCUT2D eigenvalue weighted by Crippen LogP contribution is 2.07. The SMILES string of the molecule is CCNC(=NCC(C)SC)N1CCN(CC(=O)NC(C)C)CC1.I. The first-order valence-electron chi connectivity index (χ1n) is 8.54. The van der Waals surface area contributed by atoms with Crippen molar-refractivity contribution in [2.75, 3.05) is 52.1 Å². The van der Waals surface area contributed by atoms with Crippen LogP contribution in [0, 0.1) is 0 Å². The molecular formula is C16H34IN5OS. The summed E-state index contributed by atoms with van der Waals surface area (Å²) in [5, 5.41) is 6.87. The molecule has 1 fully saturated rings.